The molecule has 35 heavy (non-hydrogen) atoms. The number of nitrogens with zero attached hydrogens (tertiary/aromatic N) is 3. The second-order valence-electron chi connectivity index (χ2n) is 8.83. The highest BCUT2D eigenvalue weighted by atomic mass is 35.5. The number of anilines is 1. The lowest BCUT2D eigenvalue weighted by atomic mass is 10.0. The van der Waals surface area contributed by atoms with E-state index >= 15 is 0 Å². The van der Waals surface area contributed by atoms with Gasteiger partial charge < -0.3 is 9.32 Å². The van der Waals surface area contributed by atoms with Crippen molar-refractivity contribution >= 4 is 66.7 Å². The van der Waals surface area contributed by atoms with E-state index in [1.807, 2.05) is 63.2 Å². The molecule has 0 unspecified atom stereocenters. The highest BCUT2D eigenvalue weighted by Crippen LogP contribution is 2.33. The summed E-state index contributed by atoms with van der Waals surface area (Å²) in [5, 5.41) is 3.27. The predicted molar refractivity (Wildman–Crippen MR) is 147 cm³/mol. The SMILES string of the molecule is Cc1cc(C)c2nc(N(CCN(C)C)C(=O)c3cc4c(ccc5ccccc54)oc3=O)sc2c1.Cl. The number of thiazole rings is 1. The van der Waals surface area contributed by atoms with Crippen LogP contribution in [0.15, 0.2) is 63.8 Å². The molecule has 0 saturated carbocycles. The smallest absolute Gasteiger partial charge is 0.349 e. The Labute approximate surface area is 213 Å². The number of likely N-dealkylation sites (N-methyl/N-ethyl adjacent to an activating group) is 1. The molecule has 0 fully saturated rings. The number of carbonyl (C=O) groups excluding carboxylic acids is 1. The van der Waals surface area contributed by atoms with Crippen LogP contribution in [0, 0.1) is 13.8 Å². The Hall–Kier alpha value is -3.26. The maximum atomic E-state index is 13.8. The third-order valence-corrected chi connectivity index (χ3v) is 6.96. The molecule has 1 amide bonds. The molecular weight excluding hydrogens is 482 g/mol. The zero-order valence-electron chi connectivity index (χ0n) is 20.0. The minimum Gasteiger partial charge on any atom is -0.422 e. The van der Waals surface area contributed by atoms with E-state index in [9.17, 15) is 9.59 Å². The summed E-state index contributed by atoms with van der Waals surface area (Å²) in [5.41, 5.74) is 2.92. The van der Waals surface area contributed by atoms with Crippen LogP contribution >= 0.6 is 23.7 Å². The van der Waals surface area contributed by atoms with Crippen molar-refractivity contribution in [2.45, 2.75) is 13.8 Å². The lowest BCUT2D eigenvalue weighted by Gasteiger charge is -2.21. The average molecular weight is 508 g/mol. The second kappa shape index (κ2) is 9.77. The van der Waals surface area contributed by atoms with E-state index in [1.165, 1.54) is 11.3 Å². The van der Waals surface area contributed by atoms with Gasteiger partial charge in [-0.1, -0.05) is 47.7 Å². The van der Waals surface area contributed by atoms with Crippen molar-refractivity contribution in [3.63, 3.8) is 0 Å². The quantitative estimate of drug-likeness (QED) is 0.222. The molecule has 0 radical (unpaired) electrons. The molecule has 8 heteroatoms. The van der Waals surface area contributed by atoms with Crippen molar-refractivity contribution in [1.82, 2.24) is 9.88 Å². The van der Waals surface area contributed by atoms with Crippen LogP contribution in [0.5, 0.6) is 0 Å². The van der Waals surface area contributed by atoms with Gasteiger partial charge in [0.1, 0.15) is 11.1 Å². The number of aryl methyl sites for hydroxylation is 2. The molecule has 2 heterocycles. The number of benzene rings is 3. The van der Waals surface area contributed by atoms with Gasteiger partial charge in [-0.3, -0.25) is 9.69 Å². The molecule has 0 spiro atoms. The fourth-order valence-electron chi connectivity index (χ4n) is 4.22. The summed E-state index contributed by atoms with van der Waals surface area (Å²) in [6.07, 6.45) is 0. The van der Waals surface area contributed by atoms with Crippen LogP contribution in [-0.4, -0.2) is 43.0 Å². The van der Waals surface area contributed by atoms with Gasteiger partial charge in [0, 0.05) is 18.5 Å². The van der Waals surface area contributed by atoms with Crippen LogP contribution in [0.2, 0.25) is 0 Å². The van der Waals surface area contributed by atoms with Crippen LogP contribution in [0.4, 0.5) is 5.13 Å². The summed E-state index contributed by atoms with van der Waals surface area (Å²) in [5.74, 6) is -0.404. The maximum absolute atomic E-state index is 13.8. The third kappa shape index (κ3) is 4.67. The van der Waals surface area contributed by atoms with E-state index in [0.29, 0.717) is 23.8 Å². The van der Waals surface area contributed by atoms with Crippen molar-refractivity contribution in [1.29, 1.82) is 0 Å². The molecule has 0 bridgehead atoms. The van der Waals surface area contributed by atoms with Crippen LogP contribution in [0.1, 0.15) is 21.5 Å². The van der Waals surface area contributed by atoms with Gasteiger partial charge >= 0.3 is 5.63 Å². The van der Waals surface area contributed by atoms with Crippen LogP contribution in [0.3, 0.4) is 0 Å². The first-order valence-corrected chi connectivity index (χ1v) is 11.9. The maximum Gasteiger partial charge on any atom is 0.349 e. The average Bonchev–Trinajstić information content (AvgIpc) is 3.22. The third-order valence-electron chi connectivity index (χ3n) is 5.94. The van der Waals surface area contributed by atoms with E-state index < -0.39 is 11.5 Å². The first-order chi connectivity index (χ1) is 16.3. The molecular formula is C27H26ClN3O3S. The minimum atomic E-state index is -0.643. The zero-order chi connectivity index (χ0) is 24.0. The van der Waals surface area contributed by atoms with Crippen LogP contribution in [-0.2, 0) is 0 Å². The lowest BCUT2D eigenvalue weighted by molar-refractivity contribution is 0.0982. The molecule has 2 aromatic heterocycles. The van der Waals surface area contributed by atoms with Crippen molar-refractivity contribution in [2.75, 3.05) is 32.1 Å². The van der Waals surface area contributed by atoms with Gasteiger partial charge in [0.15, 0.2) is 5.13 Å². The molecule has 0 atom stereocenters. The van der Waals surface area contributed by atoms with E-state index in [-0.39, 0.29) is 18.0 Å². The fraction of sp³-hybridized carbons (Fsp3) is 0.222. The van der Waals surface area contributed by atoms with Gasteiger partial charge in [0.25, 0.3) is 5.91 Å². The number of aromatic nitrogens is 1. The van der Waals surface area contributed by atoms with Crippen LogP contribution in [0.25, 0.3) is 32.0 Å². The normalized spacial score (nSPS) is 11.3. The highest BCUT2D eigenvalue weighted by Gasteiger charge is 2.25. The first kappa shape index (κ1) is 24.9. The lowest BCUT2D eigenvalue weighted by Crippen LogP contribution is -2.38. The van der Waals surface area contributed by atoms with Gasteiger partial charge in [0.05, 0.1) is 10.2 Å². The summed E-state index contributed by atoms with van der Waals surface area (Å²) in [7, 11) is 3.90. The van der Waals surface area contributed by atoms with Gasteiger partial charge in [0.2, 0.25) is 0 Å². The Morgan fingerprint density at radius 3 is 2.54 bits per heavy atom. The number of carbonyl (C=O) groups is 1. The number of fused-ring (bicyclic) bond motifs is 4. The summed E-state index contributed by atoms with van der Waals surface area (Å²) in [6, 6.07) is 17.4. The van der Waals surface area contributed by atoms with Crippen molar-refractivity contribution in [2.24, 2.45) is 0 Å². The molecule has 0 aliphatic carbocycles. The van der Waals surface area contributed by atoms with Gasteiger partial charge in [-0.2, -0.15) is 0 Å². The molecule has 3 aromatic carbocycles. The Bertz CT molecular complexity index is 1620. The van der Waals surface area contributed by atoms with E-state index in [1.54, 1.807) is 17.0 Å². The van der Waals surface area contributed by atoms with Crippen molar-refractivity contribution in [3.8, 4) is 0 Å². The van der Waals surface area contributed by atoms with Gasteiger partial charge in [-0.15, -0.1) is 12.4 Å². The number of hydrogen-bond donors (Lipinski definition) is 0. The van der Waals surface area contributed by atoms with Gasteiger partial charge in [-0.25, -0.2) is 9.78 Å². The Kier molecular flexibility index (Phi) is 6.94. The molecule has 180 valence electrons. The predicted octanol–water partition coefficient (Wildman–Crippen LogP) is 5.80. The molecule has 6 nitrogen and oxygen atoms in total. The zero-order valence-corrected chi connectivity index (χ0v) is 21.6. The Morgan fingerprint density at radius 2 is 1.77 bits per heavy atom. The fourth-order valence-corrected chi connectivity index (χ4v) is 5.39. The summed E-state index contributed by atoms with van der Waals surface area (Å²) >= 11 is 1.46. The number of rotatable bonds is 5. The molecule has 5 rings (SSSR count). The monoisotopic (exact) mass is 507 g/mol. The molecule has 0 aliphatic rings. The largest absolute Gasteiger partial charge is 0.422 e. The highest BCUT2D eigenvalue weighted by molar-refractivity contribution is 7.22. The minimum absolute atomic E-state index is 0. The van der Waals surface area contributed by atoms with Gasteiger partial charge in [-0.05, 0) is 68.0 Å². The standard InChI is InChI=1S/C27H25N3O3S.ClH/c1-16-13-17(2)24-23(14-16)34-27(28-24)30(12-11-29(3)4)25(31)21-15-20-19-8-6-5-7-18(19)9-10-22(20)33-26(21)32;/h5-10,13-15H,11-12H2,1-4H3;1H. The van der Waals surface area contributed by atoms with Crippen molar-refractivity contribution < 1.29 is 9.21 Å². The number of halogens is 1. The molecule has 5 aromatic rings. The topological polar surface area (TPSA) is 66.7 Å². The van der Waals surface area contributed by atoms with Crippen molar-refractivity contribution in [3.05, 3.63) is 81.7 Å². The number of amides is 1. The summed E-state index contributed by atoms with van der Waals surface area (Å²) in [6.45, 7) is 5.09. The van der Waals surface area contributed by atoms with E-state index in [2.05, 4.69) is 12.1 Å². The summed E-state index contributed by atoms with van der Waals surface area (Å²) in [4.78, 5) is 35.1. The summed E-state index contributed by atoms with van der Waals surface area (Å²) < 4.78 is 6.62. The van der Waals surface area contributed by atoms with E-state index in [0.717, 1.165) is 37.5 Å². The Morgan fingerprint density at radius 1 is 1.00 bits per heavy atom. The Balaban J connectivity index is 0.00000289. The second-order valence-corrected chi connectivity index (χ2v) is 9.84. The van der Waals surface area contributed by atoms with Crippen LogP contribution < -0.4 is 10.5 Å². The first-order valence-electron chi connectivity index (χ1n) is 11.1. The molecule has 0 aliphatic heterocycles. The molecule has 0 saturated heterocycles. The number of hydrogen-bond acceptors (Lipinski definition) is 6. The van der Waals surface area contributed by atoms with E-state index in [4.69, 9.17) is 9.40 Å². The molecule has 0 N–H and O–H groups in total.